The maximum absolute atomic E-state index is 13.0. The SMILES string of the molecule is O=C(C1CCCCC1)N1CCCC2(CNc3ncccc3[S+](=O)([O-])N2)C1. The Hall–Kier alpha value is -1.51. The van der Waals surface area contributed by atoms with Crippen LogP contribution < -0.4 is 10.0 Å². The summed E-state index contributed by atoms with van der Waals surface area (Å²) in [7, 11) is -3.67. The fourth-order valence-electron chi connectivity index (χ4n) is 4.52. The zero-order chi connectivity index (χ0) is 18.2. The number of nitrogens with one attached hydrogen (secondary N) is 2. The van der Waals surface area contributed by atoms with E-state index in [1.807, 2.05) is 4.90 Å². The molecule has 3 aliphatic rings. The first-order chi connectivity index (χ1) is 12.5. The van der Waals surface area contributed by atoms with Gasteiger partial charge in [-0.3, -0.25) is 4.79 Å². The molecule has 8 heteroatoms. The number of hydrogen-bond acceptors (Lipinski definition) is 5. The van der Waals surface area contributed by atoms with Gasteiger partial charge in [0.25, 0.3) is 0 Å². The summed E-state index contributed by atoms with van der Waals surface area (Å²) in [5, 5.41) is 3.19. The molecular weight excluding hydrogens is 352 g/mol. The van der Waals surface area contributed by atoms with Crippen molar-refractivity contribution in [2.75, 3.05) is 25.0 Å². The number of hydrogen-bond donors (Lipinski definition) is 2. The first-order valence-corrected chi connectivity index (χ1v) is 11.0. The van der Waals surface area contributed by atoms with Crippen molar-refractivity contribution in [1.29, 1.82) is 0 Å². The Morgan fingerprint density at radius 1 is 1.31 bits per heavy atom. The molecule has 1 aliphatic carbocycles. The van der Waals surface area contributed by atoms with Gasteiger partial charge in [-0.25, -0.2) is 4.98 Å². The largest absolute Gasteiger partial charge is 0.593 e. The van der Waals surface area contributed by atoms with Crippen LogP contribution in [0.2, 0.25) is 0 Å². The number of amides is 1. The molecule has 1 saturated carbocycles. The van der Waals surface area contributed by atoms with Crippen LogP contribution in [0.25, 0.3) is 0 Å². The van der Waals surface area contributed by atoms with E-state index in [1.54, 1.807) is 18.3 Å². The summed E-state index contributed by atoms with van der Waals surface area (Å²) < 4.78 is 28.6. The summed E-state index contributed by atoms with van der Waals surface area (Å²) in [6, 6.07) is 3.18. The van der Waals surface area contributed by atoms with E-state index in [2.05, 4.69) is 15.0 Å². The van der Waals surface area contributed by atoms with E-state index in [-0.39, 0.29) is 16.7 Å². The van der Waals surface area contributed by atoms with E-state index in [4.69, 9.17) is 0 Å². The number of likely N-dealkylation sites (tertiary alicyclic amines) is 1. The van der Waals surface area contributed by atoms with Crippen LogP contribution in [0.3, 0.4) is 0 Å². The van der Waals surface area contributed by atoms with Gasteiger partial charge in [0.2, 0.25) is 10.8 Å². The molecule has 0 aromatic carbocycles. The van der Waals surface area contributed by atoms with Crippen molar-refractivity contribution in [3.8, 4) is 0 Å². The zero-order valence-corrected chi connectivity index (χ0v) is 15.7. The third kappa shape index (κ3) is 3.37. The van der Waals surface area contributed by atoms with Gasteiger partial charge in [0, 0.05) is 37.8 Å². The lowest BCUT2D eigenvalue weighted by Gasteiger charge is -2.43. The van der Waals surface area contributed by atoms with Crippen molar-refractivity contribution in [3.63, 3.8) is 0 Å². The van der Waals surface area contributed by atoms with Gasteiger partial charge < -0.3 is 14.8 Å². The van der Waals surface area contributed by atoms with Gasteiger partial charge in [-0.1, -0.05) is 23.5 Å². The van der Waals surface area contributed by atoms with Crippen LogP contribution in [0.5, 0.6) is 0 Å². The van der Waals surface area contributed by atoms with E-state index in [0.717, 1.165) is 32.1 Å². The second-order valence-corrected chi connectivity index (χ2v) is 9.44. The Morgan fingerprint density at radius 2 is 2.12 bits per heavy atom. The smallest absolute Gasteiger partial charge is 0.225 e. The topological polar surface area (TPSA) is 97.4 Å². The van der Waals surface area contributed by atoms with Crippen LogP contribution in [0.1, 0.15) is 44.9 Å². The molecule has 2 N–H and O–H groups in total. The number of sulfonamides is 1. The highest BCUT2D eigenvalue weighted by Crippen LogP contribution is 2.33. The van der Waals surface area contributed by atoms with E-state index >= 15 is 0 Å². The average molecular weight is 378 g/mol. The number of anilines is 1. The van der Waals surface area contributed by atoms with Gasteiger partial charge >= 0.3 is 0 Å². The summed E-state index contributed by atoms with van der Waals surface area (Å²) in [6.07, 6.45) is 8.45. The maximum atomic E-state index is 13.0. The molecule has 1 spiro atoms. The average Bonchev–Trinajstić information content (AvgIpc) is 2.76. The van der Waals surface area contributed by atoms with Crippen LogP contribution in [0, 0.1) is 5.92 Å². The number of carbonyl (C=O) groups excluding carboxylic acids is 1. The van der Waals surface area contributed by atoms with Gasteiger partial charge in [-0.05, 0) is 31.7 Å². The second kappa shape index (κ2) is 6.90. The minimum atomic E-state index is -3.67. The standard InChI is InChI=1S/C18H26N4O3S/c23-17(14-6-2-1-3-7-14)22-11-5-9-18(13-22)12-20-16-15(8-4-10-19-16)26(24,25)21-18/h4,8,10,14H,1-3,5-7,9,11-13H2,(H2-,19,20,21,24,25). The normalized spacial score (nSPS) is 32.6. The fourth-order valence-corrected chi connectivity index (χ4v) is 6.08. The molecule has 2 unspecified atom stereocenters. The summed E-state index contributed by atoms with van der Waals surface area (Å²) in [6.45, 7) is 1.57. The number of rotatable bonds is 1. The Labute approximate surface area is 155 Å². The second-order valence-electron chi connectivity index (χ2n) is 7.79. The molecule has 2 aliphatic heterocycles. The van der Waals surface area contributed by atoms with E-state index in [9.17, 15) is 13.6 Å². The minimum absolute atomic E-state index is 0.105. The highest BCUT2D eigenvalue weighted by atomic mass is 32.3. The van der Waals surface area contributed by atoms with Crippen LogP contribution in [0.4, 0.5) is 5.82 Å². The molecule has 26 heavy (non-hydrogen) atoms. The molecule has 0 radical (unpaired) electrons. The Kier molecular flexibility index (Phi) is 4.75. The first-order valence-electron chi connectivity index (χ1n) is 9.51. The first kappa shape index (κ1) is 17.9. The number of nitrogens with zero attached hydrogens (tertiary/aromatic N) is 2. The number of fused-ring (bicyclic) bond motifs is 1. The molecule has 2 atom stereocenters. The maximum Gasteiger partial charge on any atom is 0.225 e. The van der Waals surface area contributed by atoms with Crippen molar-refractivity contribution >= 4 is 22.1 Å². The minimum Gasteiger partial charge on any atom is -0.593 e. The van der Waals surface area contributed by atoms with Gasteiger partial charge in [0.1, 0.15) is 0 Å². The summed E-state index contributed by atoms with van der Waals surface area (Å²) >= 11 is 0. The van der Waals surface area contributed by atoms with Crippen molar-refractivity contribution in [1.82, 2.24) is 14.6 Å². The Bertz CT molecular complexity index is 737. The molecule has 4 rings (SSSR count). The molecule has 0 bridgehead atoms. The Balaban J connectivity index is 1.55. The summed E-state index contributed by atoms with van der Waals surface area (Å²) in [4.78, 5) is 19.2. The summed E-state index contributed by atoms with van der Waals surface area (Å²) in [5.74, 6) is 0.684. The van der Waals surface area contributed by atoms with Crippen LogP contribution in [-0.2, 0) is 19.4 Å². The zero-order valence-electron chi connectivity index (χ0n) is 14.9. The predicted molar refractivity (Wildman–Crippen MR) is 98.1 cm³/mol. The predicted octanol–water partition coefficient (Wildman–Crippen LogP) is 1.94. The summed E-state index contributed by atoms with van der Waals surface area (Å²) in [5.41, 5.74) is -0.678. The van der Waals surface area contributed by atoms with Crippen LogP contribution >= 0.6 is 0 Å². The van der Waals surface area contributed by atoms with E-state index in [0.29, 0.717) is 31.9 Å². The lowest BCUT2D eigenvalue weighted by Crippen LogP contribution is -2.63. The number of piperidine rings is 1. The van der Waals surface area contributed by atoms with Crippen molar-refractivity contribution in [2.45, 2.75) is 55.4 Å². The molecule has 1 aromatic heterocycles. The highest BCUT2D eigenvalue weighted by Gasteiger charge is 2.46. The quantitative estimate of drug-likeness (QED) is 0.728. The molecule has 2 fully saturated rings. The van der Waals surface area contributed by atoms with Crippen molar-refractivity contribution < 1.29 is 13.6 Å². The van der Waals surface area contributed by atoms with Gasteiger partial charge in [-0.2, -0.15) is 0 Å². The molecule has 3 heterocycles. The van der Waals surface area contributed by atoms with Crippen LogP contribution in [0.15, 0.2) is 23.2 Å². The number of carbonyl (C=O) groups is 1. The molecule has 1 aromatic rings. The van der Waals surface area contributed by atoms with E-state index < -0.39 is 15.9 Å². The lowest BCUT2D eigenvalue weighted by molar-refractivity contribution is -0.138. The number of aromatic nitrogens is 1. The molecule has 1 amide bonds. The third-order valence-electron chi connectivity index (χ3n) is 5.85. The molecule has 7 nitrogen and oxygen atoms in total. The van der Waals surface area contributed by atoms with Gasteiger partial charge in [0.05, 0.1) is 5.54 Å². The van der Waals surface area contributed by atoms with E-state index in [1.165, 1.54) is 6.42 Å². The van der Waals surface area contributed by atoms with Gasteiger partial charge in [-0.15, -0.1) is 4.72 Å². The lowest BCUT2D eigenvalue weighted by atomic mass is 9.85. The highest BCUT2D eigenvalue weighted by molar-refractivity contribution is 7.96. The number of pyridine rings is 1. The Morgan fingerprint density at radius 3 is 2.92 bits per heavy atom. The monoisotopic (exact) mass is 378 g/mol. The molecule has 1 saturated heterocycles. The third-order valence-corrected chi connectivity index (χ3v) is 7.46. The van der Waals surface area contributed by atoms with Crippen molar-refractivity contribution in [3.05, 3.63) is 18.3 Å². The molecular formula is C18H26N4O3S. The van der Waals surface area contributed by atoms with Gasteiger partial charge in [0.15, 0.2) is 16.2 Å². The molecule has 142 valence electrons. The van der Waals surface area contributed by atoms with Crippen molar-refractivity contribution in [2.24, 2.45) is 5.92 Å². The van der Waals surface area contributed by atoms with Crippen LogP contribution in [-0.4, -0.2) is 45.5 Å². The fraction of sp³-hybridized carbons (Fsp3) is 0.667.